The number of ether oxygens (including phenoxy) is 1. The van der Waals surface area contributed by atoms with Crippen molar-refractivity contribution in [1.82, 2.24) is 0 Å². The van der Waals surface area contributed by atoms with Gasteiger partial charge in [0.2, 0.25) is 0 Å². The average molecular weight is 294 g/mol. The number of rotatable bonds is 6. The molecule has 116 valence electrons. The highest BCUT2D eigenvalue weighted by Crippen LogP contribution is 2.36. The van der Waals surface area contributed by atoms with Crippen LogP contribution in [0.3, 0.4) is 0 Å². The second-order valence-electron chi connectivity index (χ2n) is 5.91. The molecule has 21 heavy (non-hydrogen) atoms. The fraction of sp³-hybridized carbons (Fsp3) is 0.600. The van der Waals surface area contributed by atoms with Crippen LogP contribution in [0.5, 0.6) is 5.75 Å². The summed E-state index contributed by atoms with van der Waals surface area (Å²) < 4.78 is 5.51. The Balaban J connectivity index is 2.19. The van der Waals surface area contributed by atoms with Crippen molar-refractivity contribution in [1.29, 1.82) is 0 Å². The minimum Gasteiger partial charge on any atom is -0.493 e. The molecule has 0 radical (unpaired) electrons. The predicted molar refractivity (Wildman–Crippen MR) is 80.9 cm³/mol. The van der Waals surface area contributed by atoms with Crippen LogP contribution in [-0.4, -0.2) is 35.3 Å². The van der Waals surface area contributed by atoms with Crippen LogP contribution in [0.15, 0.2) is 18.2 Å². The third kappa shape index (κ3) is 3.26. The van der Waals surface area contributed by atoms with E-state index in [1.54, 1.807) is 6.07 Å². The monoisotopic (exact) mass is 294 g/mol. The van der Waals surface area contributed by atoms with Gasteiger partial charge in [0, 0.05) is 30.9 Å². The first-order valence-electron chi connectivity index (χ1n) is 7.25. The zero-order chi connectivity index (χ0) is 15.6. The van der Waals surface area contributed by atoms with Crippen LogP contribution in [-0.2, 0) is 0 Å². The molecule has 1 aromatic carbocycles. The number of benzene rings is 1. The van der Waals surface area contributed by atoms with Crippen LogP contribution in [0.25, 0.3) is 0 Å². The minimum absolute atomic E-state index is 0.0126. The maximum absolute atomic E-state index is 11.0. The van der Waals surface area contributed by atoms with Gasteiger partial charge < -0.3 is 14.7 Å². The molecule has 0 aromatic heterocycles. The highest BCUT2D eigenvalue weighted by atomic mass is 16.6. The molecule has 0 spiro atoms. The summed E-state index contributed by atoms with van der Waals surface area (Å²) in [6.07, 6.45) is 0.842. The van der Waals surface area contributed by atoms with E-state index in [0.717, 1.165) is 12.1 Å². The molecule has 1 fully saturated rings. The first-order chi connectivity index (χ1) is 9.85. The summed E-state index contributed by atoms with van der Waals surface area (Å²) in [5.74, 6) is 0.657. The number of hydrogen-bond acceptors (Lipinski definition) is 5. The largest absolute Gasteiger partial charge is 0.493 e. The lowest BCUT2D eigenvalue weighted by atomic mass is 9.82. The first kappa shape index (κ1) is 15.6. The molecule has 0 saturated carbocycles. The van der Waals surface area contributed by atoms with Crippen LogP contribution < -0.4 is 9.64 Å². The van der Waals surface area contributed by atoms with Gasteiger partial charge in [-0.1, -0.05) is 20.8 Å². The molecule has 0 bridgehead atoms. The molecule has 1 aliphatic heterocycles. The Morgan fingerprint density at radius 2 is 2.10 bits per heavy atom. The van der Waals surface area contributed by atoms with E-state index >= 15 is 0 Å². The predicted octanol–water partition coefficient (Wildman–Crippen LogP) is 2.59. The van der Waals surface area contributed by atoms with Gasteiger partial charge in [-0.05, 0) is 12.3 Å². The third-order valence-corrected chi connectivity index (χ3v) is 3.93. The maximum Gasteiger partial charge on any atom is 0.275 e. The Morgan fingerprint density at radius 1 is 1.43 bits per heavy atom. The summed E-state index contributed by atoms with van der Waals surface area (Å²) in [4.78, 5) is 12.5. The molecule has 2 rings (SSSR count). The van der Waals surface area contributed by atoms with Gasteiger partial charge >= 0.3 is 0 Å². The summed E-state index contributed by atoms with van der Waals surface area (Å²) in [7, 11) is 0. The first-order valence-corrected chi connectivity index (χ1v) is 7.25. The van der Waals surface area contributed by atoms with Gasteiger partial charge in [0.05, 0.1) is 17.6 Å². The van der Waals surface area contributed by atoms with Crippen molar-refractivity contribution >= 4 is 11.4 Å². The summed E-state index contributed by atoms with van der Waals surface area (Å²) in [6.45, 7) is 7.42. The third-order valence-electron chi connectivity index (χ3n) is 3.93. The molecule has 0 amide bonds. The molecule has 1 saturated heterocycles. The molecule has 1 aliphatic rings. The molecule has 0 atom stereocenters. The lowest BCUT2D eigenvalue weighted by molar-refractivity contribution is -0.384. The molecule has 1 aromatic rings. The van der Waals surface area contributed by atoms with E-state index in [2.05, 4.69) is 0 Å². The lowest BCUT2D eigenvalue weighted by Gasteiger charge is -2.50. The molecule has 1 N–H and O–H groups in total. The summed E-state index contributed by atoms with van der Waals surface area (Å²) in [5, 5.41) is 21.3. The maximum atomic E-state index is 11.0. The Labute approximate surface area is 124 Å². The van der Waals surface area contributed by atoms with Crippen LogP contribution in [0, 0.1) is 16.0 Å². The van der Waals surface area contributed by atoms with Gasteiger partial charge in [0.1, 0.15) is 11.4 Å². The summed E-state index contributed by atoms with van der Waals surface area (Å²) in [6, 6.07) is 4.76. The SMILES string of the molecule is CCCOc1cc(N2CC(O)(C(C)C)C2)cc([N+](=O)[O-])c1. The number of hydrogen-bond donors (Lipinski definition) is 1. The smallest absolute Gasteiger partial charge is 0.275 e. The van der Waals surface area contributed by atoms with Gasteiger partial charge in [-0.25, -0.2) is 0 Å². The van der Waals surface area contributed by atoms with E-state index in [4.69, 9.17) is 4.74 Å². The topological polar surface area (TPSA) is 75.8 Å². The van der Waals surface area contributed by atoms with Crippen molar-refractivity contribution in [2.75, 3.05) is 24.6 Å². The van der Waals surface area contributed by atoms with E-state index in [0.29, 0.717) is 25.4 Å². The fourth-order valence-electron chi connectivity index (χ4n) is 2.32. The highest BCUT2D eigenvalue weighted by Gasteiger charge is 2.44. The van der Waals surface area contributed by atoms with Crippen LogP contribution >= 0.6 is 0 Å². The van der Waals surface area contributed by atoms with Gasteiger partial charge in [-0.3, -0.25) is 10.1 Å². The van der Waals surface area contributed by atoms with Gasteiger partial charge in [0.25, 0.3) is 5.69 Å². The van der Waals surface area contributed by atoms with E-state index in [1.807, 2.05) is 25.7 Å². The highest BCUT2D eigenvalue weighted by molar-refractivity contribution is 5.60. The van der Waals surface area contributed by atoms with Crippen molar-refractivity contribution in [3.05, 3.63) is 28.3 Å². The molecule has 1 heterocycles. The normalized spacial score (nSPS) is 16.7. The number of nitro benzene ring substituents is 1. The van der Waals surface area contributed by atoms with E-state index < -0.39 is 10.5 Å². The van der Waals surface area contributed by atoms with Crippen molar-refractivity contribution in [2.24, 2.45) is 5.92 Å². The zero-order valence-corrected chi connectivity index (χ0v) is 12.7. The fourth-order valence-corrected chi connectivity index (χ4v) is 2.32. The Kier molecular flexibility index (Phi) is 4.37. The second-order valence-corrected chi connectivity index (χ2v) is 5.91. The van der Waals surface area contributed by atoms with E-state index in [1.165, 1.54) is 12.1 Å². The molecule has 6 heteroatoms. The van der Waals surface area contributed by atoms with Gasteiger partial charge in [-0.2, -0.15) is 0 Å². The summed E-state index contributed by atoms with van der Waals surface area (Å²) in [5.41, 5.74) is 0.0222. The molecule has 0 aliphatic carbocycles. The molecular formula is C15H22N2O4. The number of nitrogens with zero attached hydrogens (tertiary/aromatic N) is 2. The van der Waals surface area contributed by atoms with Crippen molar-refractivity contribution in [3.8, 4) is 5.75 Å². The molecule has 6 nitrogen and oxygen atoms in total. The van der Waals surface area contributed by atoms with Crippen molar-refractivity contribution in [3.63, 3.8) is 0 Å². The van der Waals surface area contributed by atoms with E-state index in [-0.39, 0.29) is 11.6 Å². The Morgan fingerprint density at radius 3 is 2.62 bits per heavy atom. The number of non-ortho nitro benzene ring substituents is 1. The number of aliphatic hydroxyl groups is 1. The minimum atomic E-state index is -0.713. The number of anilines is 1. The molecule has 0 unspecified atom stereocenters. The van der Waals surface area contributed by atoms with Crippen LogP contribution in [0.1, 0.15) is 27.2 Å². The van der Waals surface area contributed by atoms with Gasteiger partial charge in [-0.15, -0.1) is 0 Å². The molecular weight excluding hydrogens is 272 g/mol. The Hall–Kier alpha value is -1.82. The van der Waals surface area contributed by atoms with E-state index in [9.17, 15) is 15.2 Å². The quantitative estimate of drug-likeness (QED) is 0.644. The Bertz CT molecular complexity index is 524. The number of nitro groups is 1. The zero-order valence-electron chi connectivity index (χ0n) is 12.7. The lowest BCUT2D eigenvalue weighted by Crippen LogP contribution is -2.64. The number of β-amino-alcohol motifs (C(OH)–C–C–N with tert-alkyl or cyclic N) is 1. The van der Waals surface area contributed by atoms with Crippen LogP contribution in [0.4, 0.5) is 11.4 Å². The van der Waals surface area contributed by atoms with Gasteiger partial charge in [0.15, 0.2) is 0 Å². The standard InChI is InChI=1S/C15H22N2O4/c1-4-5-21-14-7-12(6-13(8-14)17(19)20)16-9-15(18,10-16)11(2)3/h6-8,11,18H,4-5,9-10H2,1-3H3. The van der Waals surface area contributed by atoms with Crippen molar-refractivity contribution < 1.29 is 14.8 Å². The second kappa shape index (κ2) is 5.89. The summed E-state index contributed by atoms with van der Waals surface area (Å²) >= 11 is 0. The average Bonchev–Trinajstić information content (AvgIpc) is 2.40. The van der Waals surface area contributed by atoms with Crippen LogP contribution in [0.2, 0.25) is 0 Å². The van der Waals surface area contributed by atoms with Crippen molar-refractivity contribution in [2.45, 2.75) is 32.8 Å².